The molecular weight excluding hydrogens is 278 g/mol. The number of nitrogens with zero attached hydrogens (tertiary/aromatic N) is 1. The number of carbonyl (C=O) groups is 1. The maximum Gasteiger partial charge on any atom is 0.254 e. The summed E-state index contributed by atoms with van der Waals surface area (Å²) in [6.07, 6.45) is 11.6. The van der Waals surface area contributed by atoms with Crippen molar-refractivity contribution in [2.45, 2.75) is 57.8 Å². The normalized spacial score (nSPS) is 28.9. The molecule has 2 aliphatic carbocycles. The number of rotatable bonds is 1. The molecule has 2 fully saturated rings. The molecule has 1 aromatic rings. The second kappa shape index (κ2) is 5.75. The summed E-state index contributed by atoms with van der Waals surface area (Å²) in [5.74, 6) is 2.02. The minimum Gasteiger partial charge on any atom is -0.338 e. The lowest BCUT2D eigenvalue weighted by Crippen LogP contribution is -2.44. The third-order valence-electron chi connectivity index (χ3n) is 5.87. The summed E-state index contributed by atoms with van der Waals surface area (Å²) in [5, 5.41) is 2.14. The van der Waals surface area contributed by atoms with Crippen LogP contribution in [0, 0.1) is 11.8 Å². The lowest BCUT2D eigenvalue weighted by Gasteiger charge is -2.41. The van der Waals surface area contributed by atoms with Crippen molar-refractivity contribution in [2.75, 3.05) is 13.1 Å². The molecule has 114 valence electrons. The molecule has 2 heterocycles. The van der Waals surface area contributed by atoms with Gasteiger partial charge in [0.05, 0.1) is 5.56 Å². The van der Waals surface area contributed by atoms with Crippen molar-refractivity contribution in [2.24, 2.45) is 11.8 Å². The highest BCUT2D eigenvalue weighted by atomic mass is 32.1. The van der Waals surface area contributed by atoms with Crippen LogP contribution in [0.4, 0.5) is 0 Å². The van der Waals surface area contributed by atoms with Gasteiger partial charge in [-0.1, -0.05) is 19.3 Å². The summed E-state index contributed by atoms with van der Waals surface area (Å²) in [5.41, 5.74) is 2.44. The Hall–Kier alpha value is -0.830. The molecule has 0 bridgehead atoms. The second-order valence-corrected chi connectivity index (χ2v) is 8.07. The predicted molar refractivity (Wildman–Crippen MR) is 86.9 cm³/mol. The fraction of sp³-hybridized carbons (Fsp3) is 0.722. The van der Waals surface area contributed by atoms with Crippen molar-refractivity contribution < 1.29 is 4.79 Å². The van der Waals surface area contributed by atoms with Crippen LogP contribution in [0.3, 0.4) is 0 Å². The summed E-state index contributed by atoms with van der Waals surface area (Å²) < 4.78 is 0. The SMILES string of the molecule is O=C(c1csc2c1CCCC2)N1CC[C@@H]2CCCC[C@H]2C1. The van der Waals surface area contributed by atoms with Crippen LogP contribution in [0.1, 0.15) is 65.7 Å². The smallest absolute Gasteiger partial charge is 0.254 e. The number of carbonyl (C=O) groups excluding carboxylic acids is 1. The molecule has 1 aliphatic heterocycles. The van der Waals surface area contributed by atoms with E-state index in [1.54, 1.807) is 0 Å². The van der Waals surface area contributed by atoms with Gasteiger partial charge in [-0.15, -0.1) is 11.3 Å². The van der Waals surface area contributed by atoms with Crippen LogP contribution in [0.25, 0.3) is 0 Å². The van der Waals surface area contributed by atoms with Gasteiger partial charge in [0.1, 0.15) is 0 Å². The zero-order valence-electron chi connectivity index (χ0n) is 12.8. The maximum absolute atomic E-state index is 12.9. The molecule has 0 unspecified atom stereocenters. The number of likely N-dealkylation sites (tertiary alicyclic amines) is 1. The molecule has 0 radical (unpaired) electrons. The number of amides is 1. The third kappa shape index (κ3) is 2.54. The lowest BCUT2D eigenvalue weighted by molar-refractivity contribution is 0.0520. The van der Waals surface area contributed by atoms with Gasteiger partial charge in [0.2, 0.25) is 0 Å². The molecule has 4 rings (SSSR count). The molecule has 0 spiro atoms. The van der Waals surface area contributed by atoms with E-state index in [9.17, 15) is 4.79 Å². The summed E-state index contributed by atoms with van der Waals surface area (Å²) >= 11 is 1.82. The summed E-state index contributed by atoms with van der Waals surface area (Å²) in [6, 6.07) is 0. The Bertz CT molecular complexity index is 535. The first kappa shape index (κ1) is 13.8. The van der Waals surface area contributed by atoms with Gasteiger partial charge >= 0.3 is 0 Å². The van der Waals surface area contributed by atoms with Crippen LogP contribution in [0.5, 0.6) is 0 Å². The predicted octanol–water partition coefficient (Wildman–Crippen LogP) is 4.28. The summed E-state index contributed by atoms with van der Waals surface area (Å²) in [6.45, 7) is 2.01. The van der Waals surface area contributed by atoms with Crippen LogP contribution < -0.4 is 0 Å². The molecule has 1 amide bonds. The number of fused-ring (bicyclic) bond motifs is 2. The van der Waals surface area contributed by atoms with Crippen LogP contribution in [0.2, 0.25) is 0 Å². The molecule has 1 saturated heterocycles. The highest BCUT2D eigenvalue weighted by Crippen LogP contribution is 2.37. The van der Waals surface area contributed by atoms with Gasteiger partial charge in [0, 0.05) is 23.3 Å². The zero-order valence-corrected chi connectivity index (χ0v) is 13.6. The van der Waals surface area contributed by atoms with Gasteiger partial charge in [0.25, 0.3) is 5.91 Å². The maximum atomic E-state index is 12.9. The van der Waals surface area contributed by atoms with Gasteiger partial charge in [-0.25, -0.2) is 0 Å². The Morgan fingerprint density at radius 3 is 2.76 bits per heavy atom. The number of hydrogen-bond acceptors (Lipinski definition) is 2. The fourth-order valence-electron chi connectivity index (χ4n) is 4.63. The molecule has 1 saturated carbocycles. The quantitative estimate of drug-likeness (QED) is 0.758. The van der Waals surface area contributed by atoms with Gasteiger partial charge < -0.3 is 4.90 Å². The van der Waals surface area contributed by atoms with Gasteiger partial charge in [-0.2, -0.15) is 0 Å². The topological polar surface area (TPSA) is 20.3 Å². The highest BCUT2D eigenvalue weighted by molar-refractivity contribution is 7.10. The van der Waals surface area contributed by atoms with Crippen LogP contribution in [-0.4, -0.2) is 23.9 Å². The average Bonchev–Trinajstić information content (AvgIpc) is 2.98. The summed E-state index contributed by atoms with van der Waals surface area (Å²) in [4.78, 5) is 16.6. The van der Waals surface area contributed by atoms with E-state index in [4.69, 9.17) is 0 Å². The van der Waals surface area contributed by atoms with Crippen LogP contribution >= 0.6 is 11.3 Å². The molecule has 2 atom stereocenters. The minimum atomic E-state index is 0.332. The van der Waals surface area contributed by atoms with E-state index in [2.05, 4.69) is 10.3 Å². The molecule has 3 aliphatic rings. The number of aryl methyl sites for hydroxylation is 1. The molecule has 0 aromatic carbocycles. The third-order valence-corrected chi connectivity index (χ3v) is 6.96. The Morgan fingerprint density at radius 2 is 1.86 bits per heavy atom. The molecule has 1 aromatic heterocycles. The largest absolute Gasteiger partial charge is 0.338 e. The summed E-state index contributed by atoms with van der Waals surface area (Å²) in [7, 11) is 0. The van der Waals surface area contributed by atoms with Gasteiger partial charge in [0.15, 0.2) is 0 Å². The average molecular weight is 303 g/mol. The van der Waals surface area contributed by atoms with Crippen molar-refractivity contribution >= 4 is 17.2 Å². The van der Waals surface area contributed by atoms with Gasteiger partial charge in [-0.05, 0) is 55.9 Å². The number of piperidine rings is 1. The monoisotopic (exact) mass is 303 g/mol. The van der Waals surface area contributed by atoms with E-state index in [1.807, 2.05) is 11.3 Å². The van der Waals surface area contributed by atoms with Crippen molar-refractivity contribution in [3.63, 3.8) is 0 Å². The number of hydrogen-bond donors (Lipinski definition) is 0. The Labute approximate surface area is 131 Å². The molecule has 3 heteroatoms. The lowest BCUT2D eigenvalue weighted by atomic mass is 9.75. The highest BCUT2D eigenvalue weighted by Gasteiger charge is 2.34. The first-order chi connectivity index (χ1) is 10.3. The van der Waals surface area contributed by atoms with E-state index in [1.165, 1.54) is 61.8 Å². The molecule has 21 heavy (non-hydrogen) atoms. The van der Waals surface area contributed by atoms with Crippen molar-refractivity contribution in [1.29, 1.82) is 0 Å². The van der Waals surface area contributed by atoms with Crippen molar-refractivity contribution in [3.05, 3.63) is 21.4 Å². The van der Waals surface area contributed by atoms with E-state index in [-0.39, 0.29) is 0 Å². The minimum absolute atomic E-state index is 0.332. The van der Waals surface area contributed by atoms with E-state index >= 15 is 0 Å². The molecule has 2 nitrogen and oxygen atoms in total. The fourth-order valence-corrected chi connectivity index (χ4v) is 5.75. The van der Waals surface area contributed by atoms with E-state index in [0.717, 1.165) is 36.9 Å². The zero-order chi connectivity index (χ0) is 14.2. The Kier molecular flexibility index (Phi) is 3.78. The van der Waals surface area contributed by atoms with Crippen LogP contribution in [-0.2, 0) is 12.8 Å². The molecule has 0 N–H and O–H groups in total. The molecular formula is C18H25NOS. The van der Waals surface area contributed by atoms with Gasteiger partial charge in [-0.3, -0.25) is 4.79 Å². The first-order valence-electron chi connectivity index (χ1n) is 8.71. The Morgan fingerprint density at radius 1 is 1.05 bits per heavy atom. The number of thiophene rings is 1. The second-order valence-electron chi connectivity index (χ2n) is 7.10. The van der Waals surface area contributed by atoms with Crippen molar-refractivity contribution in [1.82, 2.24) is 4.90 Å². The standard InChI is InChI=1S/C18H25NOS/c20-18(16-12-21-17-8-4-3-7-15(16)17)19-10-9-13-5-1-2-6-14(13)11-19/h12-14H,1-11H2/t13-,14-/m0/s1. The van der Waals surface area contributed by atoms with Crippen molar-refractivity contribution in [3.8, 4) is 0 Å². The first-order valence-corrected chi connectivity index (χ1v) is 9.59. The van der Waals surface area contributed by atoms with E-state index in [0.29, 0.717) is 5.91 Å². The van der Waals surface area contributed by atoms with E-state index < -0.39 is 0 Å². The van der Waals surface area contributed by atoms with Crippen LogP contribution in [0.15, 0.2) is 5.38 Å². The Balaban J connectivity index is 1.51.